The monoisotopic (exact) mass is 591 g/mol. The molecule has 1 aromatic heterocycles. The number of aromatic nitrogens is 1. The van der Waals surface area contributed by atoms with Crippen molar-refractivity contribution < 1.29 is 23.8 Å². The molecule has 0 spiro atoms. The SMILES string of the molecule is CCOC(=O)C1(C)CCN(c2nc(-c3ccccc3OCc3ccc4c(c3)CCN(C(=O)OC(C)(C)C)C4)cs2)CC1. The molecule has 0 N–H and O–H groups in total. The van der Waals surface area contributed by atoms with Crippen LogP contribution < -0.4 is 9.64 Å². The average molecular weight is 592 g/mol. The number of esters is 1. The molecular formula is C33H41N3O5S. The van der Waals surface area contributed by atoms with E-state index in [9.17, 15) is 9.59 Å². The minimum absolute atomic E-state index is 0.0998. The zero-order valence-electron chi connectivity index (χ0n) is 25.3. The summed E-state index contributed by atoms with van der Waals surface area (Å²) < 4.78 is 17.2. The van der Waals surface area contributed by atoms with Crippen molar-refractivity contribution in [2.24, 2.45) is 5.41 Å². The van der Waals surface area contributed by atoms with E-state index in [0.29, 0.717) is 26.3 Å². The highest BCUT2D eigenvalue weighted by Gasteiger charge is 2.38. The Balaban J connectivity index is 1.21. The maximum Gasteiger partial charge on any atom is 0.410 e. The van der Waals surface area contributed by atoms with Crippen LogP contribution in [0.1, 0.15) is 64.2 Å². The molecule has 224 valence electrons. The van der Waals surface area contributed by atoms with E-state index in [1.54, 1.807) is 16.2 Å². The van der Waals surface area contributed by atoms with Gasteiger partial charge in [0.15, 0.2) is 5.13 Å². The van der Waals surface area contributed by atoms with E-state index in [2.05, 4.69) is 28.5 Å². The second-order valence-corrected chi connectivity index (χ2v) is 13.2. The Morgan fingerprint density at radius 1 is 1.05 bits per heavy atom. The summed E-state index contributed by atoms with van der Waals surface area (Å²) in [7, 11) is 0. The number of nitrogens with zero attached hydrogens (tertiary/aromatic N) is 3. The maximum atomic E-state index is 12.5. The number of hydrogen-bond acceptors (Lipinski definition) is 8. The van der Waals surface area contributed by atoms with Crippen molar-refractivity contribution in [3.63, 3.8) is 0 Å². The summed E-state index contributed by atoms with van der Waals surface area (Å²) in [5.41, 5.74) is 4.39. The first-order valence-corrected chi connectivity index (χ1v) is 15.6. The molecule has 3 aromatic rings. The molecule has 0 unspecified atom stereocenters. The van der Waals surface area contributed by atoms with E-state index in [0.717, 1.165) is 65.6 Å². The summed E-state index contributed by atoms with van der Waals surface area (Å²) in [6.07, 6.45) is 2.02. The van der Waals surface area contributed by atoms with Crippen molar-refractivity contribution in [3.05, 3.63) is 64.5 Å². The molecule has 3 heterocycles. The Hall–Kier alpha value is -3.59. The van der Waals surface area contributed by atoms with Crippen LogP contribution in [0.25, 0.3) is 11.3 Å². The van der Waals surface area contributed by atoms with Gasteiger partial charge < -0.3 is 24.0 Å². The zero-order valence-corrected chi connectivity index (χ0v) is 26.1. The highest BCUT2D eigenvalue weighted by molar-refractivity contribution is 7.14. The molecule has 2 aliphatic heterocycles. The molecule has 2 aliphatic rings. The molecule has 2 aromatic carbocycles. The fourth-order valence-corrected chi connectivity index (χ4v) is 6.26. The molecule has 1 fully saturated rings. The van der Waals surface area contributed by atoms with Crippen LogP contribution >= 0.6 is 11.3 Å². The fraction of sp³-hybridized carbons (Fsp3) is 0.485. The largest absolute Gasteiger partial charge is 0.488 e. The number of amides is 1. The molecule has 8 nitrogen and oxygen atoms in total. The summed E-state index contributed by atoms with van der Waals surface area (Å²) in [4.78, 5) is 33.9. The number of hydrogen-bond donors (Lipinski definition) is 0. The molecule has 5 rings (SSSR count). The number of fused-ring (bicyclic) bond motifs is 1. The Labute approximate surface area is 252 Å². The average Bonchev–Trinajstić information content (AvgIpc) is 3.45. The van der Waals surface area contributed by atoms with Crippen LogP contribution in [-0.2, 0) is 33.8 Å². The lowest BCUT2D eigenvalue weighted by Gasteiger charge is -2.37. The molecule has 0 bridgehead atoms. The van der Waals surface area contributed by atoms with E-state index in [1.165, 1.54) is 5.56 Å². The van der Waals surface area contributed by atoms with E-state index in [4.69, 9.17) is 19.2 Å². The first-order chi connectivity index (χ1) is 20.0. The quantitative estimate of drug-likeness (QED) is 0.278. The smallest absolute Gasteiger partial charge is 0.410 e. The number of thiazole rings is 1. The number of carbonyl (C=O) groups is 2. The molecule has 0 saturated carbocycles. The van der Waals surface area contributed by atoms with E-state index < -0.39 is 11.0 Å². The Morgan fingerprint density at radius 2 is 1.81 bits per heavy atom. The van der Waals surface area contributed by atoms with Gasteiger partial charge in [-0.3, -0.25) is 4.79 Å². The molecule has 0 aliphatic carbocycles. The predicted molar refractivity (Wildman–Crippen MR) is 165 cm³/mol. The number of carbonyl (C=O) groups excluding carboxylic acids is 2. The molecule has 42 heavy (non-hydrogen) atoms. The Bertz CT molecular complexity index is 1420. The van der Waals surface area contributed by atoms with Crippen LogP contribution in [0.15, 0.2) is 47.8 Å². The number of anilines is 1. The lowest BCUT2D eigenvalue weighted by molar-refractivity contribution is -0.155. The highest BCUT2D eigenvalue weighted by atomic mass is 32.1. The summed E-state index contributed by atoms with van der Waals surface area (Å²) in [6, 6.07) is 14.4. The molecule has 1 saturated heterocycles. The van der Waals surface area contributed by atoms with E-state index in [-0.39, 0.29) is 12.1 Å². The van der Waals surface area contributed by atoms with Gasteiger partial charge in [-0.15, -0.1) is 11.3 Å². The standard InChI is InChI=1S/C33H41N3O5S/c1-6-39-29(37)33(5)14-17-35(18-15-33)30-34-27(22-42-30)26-9-7-8-10-28(26)40-21-23-11-12-25-20-36(16-13-24(25)19-23)31(38)41-32(2,3)4/h7-12,19,22H,6,13-18,20-21H2,1-5H3. The van der Waals surface area contributed by atoms with Gasteiger partial charge in [0, 0.05) is 37.1 Å². The van der Waals surface area contributed by atoms with Crippen LogP contribution in [-0.4, -0.2) is 53.8 Å². The van der Waals surface area contributed by atoms with E-state index in [1.807, 2.05) is 58.9 Å². The lowest BCUT2D eigenvalue weighted by Crippen LogP contribution is -2.43. The van der Waals surface area contributed by atoms with Gasteiger partial charge in [-0.1, -0.05) is 30.3 Å². The number of rotatable bonds is 7. The van der Waals surface area contributed by atoms with Gasteiger partial charge in [-0.2, -0.15) is 0 Å². The third-order valence-corrected chi connectivity index (χ3v) is 8.79. The van der Waals surface area contributed by atoms with Crippen molar-refractivity contribution in [1.82, 2.24) is 9.88 Å². The number of para-hydroxylation sites is 1. The van der Waals surface area contributed by atoms with Gasteiger partial charge in [0.25, 0.3) is 0 Å². The van der Waals surface area contributed by atoms with Gasteiger partial charge in [-0.05, 0) is 82.7 Å². The van der Waals surface area contributed by atoms with Gasteiger partial charge in [0.05, 0.1) is 17.7 Å². The molecule has 1 amide bonds. The normalized spacial score (nSPS) is 16.5. The third kappa shape index (κ3) is 6.89. The van der Waals surface area contributed by atoms with Crippen molar-refractivity contribution in [3.8, 4) is 17.0 Å². The lowest BCUT2D eigenvalue weighted by atomic mass is 9.80. The minimum atomic E-state index is -0.504. The van der Waals surface area contributed by atoms with Crippen LogP contribution in [0.5, 0.6) is 5.75 Å². The summed E-state index contributed by atoms with van der Waals surface area (Å²) >= 11 is 1.62. The second-order valence-electron chi connectivity index (χ2n) is 12.3. The number of ether oxygens (including phenoxy) is 3. The molecule has 0 radical (unpaired) electrons. The fourth-order valence-electron chi connectivity index (χ4n) is 5.38. The van der Waals surface area contributed by atoms with E-state index >= 15 is 0 Å². The Morgan fingerprint density at radius 3 is 2.55 bits per heavy atom. The molecular weight excluding hydrogens is 550 g/mol. The first-order valence-electron chi connectivity index (χ1n) is 14.7. The minimum Gasteiger partial charge on any atom is -0.488 e. The predicted octanol–water partition coefficient (Wildman–Crippen LogP) is 6.85. The van der Waals surface area contributed by atoms with Crippen LogP contribution in [0.3, 0.4) is 0 Å². The van der Waals surface area contributed by atoms with Crippen LogP contribution in [0.4, 0.5) is 9.93 Å². The third-order valence-electron chi connectivity index (χ3n) is 7.89. The second kappa shape index (κ2) is 12.3. The number of benzene rings is 2. The maximum absolute atomic E-state index is 12.5. The molecule has 0 atom stereocenters. The molecule has 9 heteroatoms. The van der Waals surface area contributed by atoms with Crippen LogP contribution in [0, 0.1) is 5.41 Å². The van der Waals surface area contributed by atoms with Crippen molar-refractivity contribution in [2.75, 3.05) is 31.1 Å². The Kier molecular flexibility index (Phi) is 8.78. The van der Waals surface area contributed by atoms with Gasteiger partial charge in [0.1, 0.15) is 18.0 Å². The summed E-state index contributed by atoms with van der Waals surface area (Å²) in [5.74, 6) is 0.689. The van der Waals surface area contributed by atoms with Gasteiger partial charge in [-0.25, -0.2) is 9.78 Å². The van der Waals surface area contributed by atoms with Crippen LogP contribution in [0.2, 0.25) is 0 Å². The zero-order chi connectivity index (χ0) is 29.9. The first kappa shape index (κ1) is 29.9. The summed E-state index contributed by atoms with van der Waals surface area (Å²) in [6.45, 7) is 13.1. The van der Waals surface area contributed by atoms with Crippen molar-refractivity contribution in [1.29, 1.82) is 0 Å². The number of piperidine rings is 1. The topological polar surface area (TPSA) is 81.2 Å². The van der Waals surface area contributed by atoms with Gasteiger partial charge >= 0.3 is 12.1 Å². The van der Waals surface area contributed by atoms with Gasteiger partial charge in [0.2, 0.25) is 0 Å². The highest BCUT2D eigenvalue weighted by Crippen LogP contribution is 2.38. The van der Waals surface area contributed by atoms with Crippen molar-refractivity contribution in [2.45, 2.75) is 72.6 Å². The van der Waals surface area contributed by atoms with Crippen molar-refractivity contribution >= 4 is 28.5 Å². The summed E-state index contributed by atoms with van der Waals surface area (Å²) in [5, 5.41) is 3.03.